The van der Waals surface area contributed by atoms with Crippen LogP contribution in [0.15, 0.2) is 59.1 Å². The Kier molecular flexibility index (Phi) is 5.88. The average Bonchev–Trinajstić information content (AvgIpc) is 3.11. The summed E-state index contributed by atoms with van der Waals surface area (Å²) in [5.41, 5.74) is 3.92. The standard InChI is InChI=1S/C21H23N3O3/c1-15-4-8-17(9-5-15)19-12-21(27-23-19)22-20(25)14-24(2)13-16-6-10-18(26-3)11-7-16/h4-12H,13-14H2,1-3H3,(H,22,25). The Hall–Kier alpha value is -3.12. The predicted octanol–water partition coefficient (Wildman–Crippen LogP) is 3.73. The lowest BCUT2D eigenvalue weighted by Crippen LogP contribution is -2.29. The molecule has 0 aliphatic rings. The number of hydrogen-bond acceptors (Lipinski definition) is 5. The van der Waals surface area contributed by atoms with E-state index in [0.717, 1.165) is 16.9 Å². The molecular formula is C21H23N3O3. The lowest BCUT2D eigenvalue weighted by atomic mass is 10.1. The number of aryl methyl sites for hydroxylation is 1. The van der Waals surface area contributed by atoms with E-state index in [1.165, 1.54) is 5.56 Å². The average molecular weight is 365 g/mol. The quantitative estimate of drug-likeness (QED) is 0.691. The van der Waals surface area contributed by atoms with Crippen molar-refractivity contribution in [2.24, 2.45) is 0 Å². The Balaban J connectivity index is 1.53. The van der Waals surface area contributed by atoms with Gasteiger partial charge in [0.1, 0.15) is 11.4 Å². The summed E-state index contributed by atoms with van der Waals surface area (Å²) in [4.78, 5) is 14.2. The number of amides is 1. The van der Waals surface area contributed by atoms with E-state index in [2.05, 4.69) is 10.5 Å². The third-order valence-corrected chi connectivity index (χ3v) is 4.15. The summed E-state index contributed by atoms with van der Waals surface area (Å²) in [6, 6.07) is 17.5. The fourth-order valence-corrected chi connectivity index (χ4v) is 2.72. The van der Waals surface area contributed by atoms with Gasteiger partial charge in [0, 0.05) is 18.2 Å². The molecule has 1 heterocycles. The van der Waals surface area contributed by atoms with Crippen LogP contribution >= 0.6 is 0 Å². The van der Waals surface area contributed by atoms with Gasteiger partial charge in [-0.05, 0) is 31.7 Å². The molecular weight excluding hydrogens is 342 g/mol. The van der Waals surface area contributed by atoms with Crippen LogP contribution in [0.4, 0.5) is 5.88 Å². The van der Waals surface area contributed by atoms with Crippen molar-refractivity contribution in [3.8, 4) is 17.0 Å². The molecule has 2 aromatic carbocycles. The first kappa shape index (κ1) is 18.7. The minimum absolute atomic E-state index is 0.155. The van der Waals surface area contributed by atoms with Crippen LogP contribution in [-0.4, -0.2) is 36.7 Å². The van der Waals surface area contributed by atoms with Gasteiger partial charge in [-0.15, -0.1) is 0 Å². The highest BCUT2D eigenvalue weighted by Gasteiger charge is 2.12. The molecule has 0 fully saturated rings. The second kappa shape index (κ2) is 8.51. The summed E-state index contributed by atoms with van der Waals surface area (Å²) in [5, 5.41) is 6.77. The van der Waals surface area contributed by atoms with Gasteiger partial charge in [0.05, 0.1) is 13.7 Å². The van der Waals surface area contributed by atoms with Gasteiger partial charge >= 0.3 is 0 Å². The number of benzene rings is 2. The first-order chi connectivity index (χ1) is 13.0. The van der Waals surface area contributed by atoms with Gasteiger partial charge in [0.15, 0.2) is 0 Å². The van der Waals surface area contributed by atoms with E-state index in [4.69, 9.17) is 9.26 Å². The summed E-state index contributed by atoms with van der Waals surface area (Å²) in [6.45, 7) is 2.93. The maximum Gasteiger partial charge on any atom is 0.240 e. The highest BCUT2D eigenvalue weighted by Crippen LogP contribution is 2.22. The van der Waals surface area contributed by atoms with Crippen LogP contribution in [0.2, 0.25) is 0 Å². The van der Waals surface area contributed by atoms with E-state index in [-0.39, 0.29) is 12.5 Å². The van der Waals surface area contributed by atoms with Gasteiger partial charge < -0.3 is 9.26 Å². The minimum Gasteiger partial charge on any atom is -0.497 e. The van der Waals surface area contributed by atoms with Crippen molar-refractivity contribution in [3.05, 3.63) is 65.7 Å². The maximum absolute atomic E-state index is 12.2. The van der Waals surface area contributed by atoms with E-state index in [1.54, 1.807) is 13.2 Å². The summed E-state index contributed by atoms with van der Waals surface area (Å²) in [5.74, 6) is 1.000. The first-order valence-corrected chi connectivity index (χ1v) is 8.68. The van der Waals surface area contributed by atoms with Gasteiger partial charge in [-0.2, -0.15) is 0 Å². The van der Waals surface area contributed by atoms with Crippen LogP contribution in [0.3, 0.4) is 0 Å². The van der Waals surface area contributed by atoms with Crippen LogP contribution in [0.1, 0.15) is 11.1 Å². The van der Waals surface area contributed by atoms with Crippen molar-refractivity contribution in [3.63, 3.8) is 0 Å². The number of ether oxygens (including phenoxy) is 1. The molecule has 0 aliphatic heterocycles. The third-order valence-electron chi connectivity index (χ3n) is 4.15. The monoisotopic (exact) mass is 365 g/mol. The van der Waals surface area contributed by atoms with Crippen molar-refractivity contribution in [2.75, 3.05) is 26.0 Å². The van der Waals surface area contributed by atoms with Crippen LogP contribution < -0.4 is 10.1 Å². The SMILES string of the molecule is COc1ccc(CN(C)CC(=O)Nc2cc(-c3ccc(C)cc3)no2)cc1. The van der Waals surface area contributed by atoms with Crippen LogP contribution in [0, 0.1) is 6.92 Å². The largest absolute Gasteiger partial charge is 0.497 e. The Bertz CT molecular complexity index is 886. The molecule has 0 bridgehead atoms. The molecule has 0 spiro atoms. The van der Waals surface area contributed by atoms with Crippen LogP contribution in [0.25, 0.3) is 11.3 Å². The molecule has 140 valence electrons. The number of hydrogen-bond donors (Lipinski definition) is 1. The summed E-state index contributed by atoms with van der Waals surface area (Å²) >= 11 is 0. The number of aromatic nitrogens is 1. The summed E-state index contributed by atoms with van der Waals surface area (Å²) in [7, 11) is 3.53. The molecule has 27 heavy (non-hydrogen) atoms. The van der Waals surface area contributed by atoms with E-state index in [1.807, 2.05) is 67.4 Å². The van der Waals surface area contributed by atoms with Crippen LogP contribution in [-0.2, 0) is 11.3 Å². The van der Waals surface area contributed by atoms with E-state index >= 15 is 0 Å². The molecule has 0 saturated heterocycles. The topological polar surface area (TPSA) is 67.6 Å². The van der Waals surface area contributed by atoms with Crippen molar-refractivity contribution in [1.29, 1.82) is 0 Å². The third kappa shape index (κ3) is 5.18. The molecule has 1 aromatic heterocycles. The van der Waals surface area contributed by atoms with Crippen molar-refractivity contribution in [2.45, 2.75) is 13.5 Å². The van der Waals surface area contributed by atoms with Crippen LogP contribution in [0.5, 0.6) is 5.75 Å². The lowest BCUT2D eigenvalue weighted by Gasteiger charge is -2.15. The molecule has 0 aliphatic carbocycles. The number of nitrogens with zero attached hydrogens (tertiary/aromatic N) is 2. The Morgan fingerprint density at radius 1 is 1.15 bits per heavy atom. The van der Waals surface area contributed by atoms with E-state index in [9.17, 15) is 4.79 Å². The number of rotatable bonds is 7. The number of nitrogens with one attached hydrogen (secondary N) is 1. The van der Waals surface area contributed by atoms with Gasteiger partial charge in [0.25, 0.3) is 0 Å². The molecule has 0 radical (unpaired) electrons. The second-order valence-electron chi connectivity index (χ2n) is 6.51. The normalized spacial score (nSPS) is 10.8. The lowest BCUT2D eigenvalue weighted by molar-refractivity contribution is -0.117. The Morgan fingerprint density at radius 3 is 2.52 bits per heavy atom. The molecule has 3 aromatic rings. The molecule has 6 nitrogen and oxygen atoms in total. The van der Waals surface area contributed by atoms with Crippen molar-refractivity contribution in [1.82, 2.24) is 10.1 Å². The fraction of sp³-hybridized carbons (Fsp3) is 0.238. The predicted molar refractivity (Wildman–Crippen MR) is 105 cm³/mol. The first-order valence-electron chi connectivity index (χ1n) is 8.68. The number of carbonyl (C=O) groups excluding carboxylic acids is 1. The Labute approximate surface area is 158 Å². The highest BCUT2D eigenvalue weighted by atomic mass is 16.5. The Morgan fingerprint density at radius 2 is 1.85 bits per heavy atom. The van der Waals surface area contributed by atoms with Gasteiger partial charge in [-0.25, -0.2) is 0 Å². The fourth-order valence-electron chi connectivity index (χ4n) is 2.72. The zero-order chi connectivity index (χ0) is 19.2. The maximum atomic E-state index is 12.2. The zero-order valence-electron chi connectivity index (χ0n) is 15.7. The smallest absolute Gasteiger partial charge is 0.240 e. The molecule has 1 amide bonds. The minimum atomic E-state index is -0.155. The van der Waals surface area contributed by atoms with Gasteiger partial charge in [-0.3, -0.25) is 15.0 Å². The number of methoxy groups -OCH3 is 1. The van der Waals surface area contributed by atoms with Crippen molar-refractivity contribution < 1.29 is 14.1 Å². The highest BCUT2D eigenvalue weighted by molar-refractivity contribution is 5.91. The molecule has 6 heteroatoms. The number of likely N-dealkylation sites (N-methyl/N-ethyl adjacent to an activating group) is 1. The number of carbonyl (C=O) groups is 1. The summed E-state index contributed by atoms with van der Waals surface area (Å²) < 4.78 is 10.4. The zero-order valence-corrected chi connectivity index (χ0v) is 15.7. The molecule has 0 unspecified atom stereocenters. The molecule has 1 N–H and O–H groups in total. The van der Waals surface area contributed by atoms with Crippen molar-refractivity contribution >= 4 is 11.8 Å². The number of anilines is 1. The van der Waals surface area contributed by atoms with Gasteiger partial charge in [0.2, 0.25) is 11.8 Å². The molecule has 3 rings (SSSR count). The second-order valence-corrected chi connectivity index (χ2v) is 6.51. The van der Waals surface area contributed by atoms with E-state index < -0.39 is 0 Å². The summed E-state index contributed by atoms with van der Waals surface area (Å²) in [6.07, 6.45) is 0. The van der Waals surface area contributed by atoms with Gasteiger partial charge in [-0.1, -0.05) is 47.1 Å². The molecule has 0 saturated carbocycles. The van der Waals surface area contributed by atoms with E-state index in [0.29, 0.717) is 18.1 Å². The molecule has 0 atom stereocenters.